The van der Waals surface area contributed by atoms with Gasteiger partial charge in [0, 0.05) is 28.6 Å². The van der Waals surface area contributed by atoms with Crippen LogP contribution in [0.3, 0.4) is 0 Å². The Kier molecular flexibility index (Phi) is 4.92. The van der Waals surface area contributed by atoms with E-state index in [2.05, 4.69) is 0 Å². The molecule has 2 aromatic carbocycles. The third kappa shape index (κ3) is 3.66. The number of carbonyl (C=O) groups excluding carboxylic acids is 1. The van der Waals surface area contributed by atoms with Crippen LogP contribution in [0.1, 0.15) is 33.8 Å². The Balaban J connectivity index is 1.68. The van der Waals surface area contributed by atoms with E-state index in [1.165, 1.54) is 6.07 Å². The minimum absolute atomic E-state index is 0.0716. The molecule has 0 saturated heterocycles. The Hall–Kier alpha value is -3.41. The minimum atomic E-state index is -0.925. The fraction of sp³-hybridized carbons (Fsp3) is 0.174. The van der Waals surface area contributed by atoms with E-state index in [1.54, 1.807) is 30.5 Å². The Morgan fingerprint density at radius 2 is 1.93 bits per heavy atom. The van der Waals surface area contributed by atoms with Crippen LogP contribution in [0, 0.1) is 18.6 Å². The van der Waals surface area contributed by atoms with Crippen LogP contribution in [0.15, 0.2) is 59.2 Å². The van der Waals surface area contributed by atoms with E-state index in [-0.39, 0.29) is 18.0 Å². The number of benzene rings is 2. The van der Waals surface area contributed by atoms with Crippen molar-refractivity contribution in [1.29, 1.82) is 0 Å². The van der Waals surface area contributed by atoms with Gasteiger partial charge in [0.2, 0.25) is 0 Å². The number of hydrogen-bond acceptors (Lipinski definition) is 3. The predicted octanol–water partition coefficient (Wildman–Crippen LogP) is 5.39. The van der Waals surface area contributed by atoms with Crippen molar-refractivity contribution in [3.8, 4) is 5.75 Å². The molecule has 0 aliphatic carbocycles. The van der Waals surface area contributed by atoms with Crippen molar-refractivity contribution in [2.45, 2.75) is 26.3 Å². The fourth-order valence-electron chi connectivity index (χ4n) is 3.66. The van der Waals surface area contributed by atoms with E-state index in [0.29, 0.717) is 29.5 Å². The predicted molar refractivity (Wildman–Crippen MR) is 105 cm³/mol. The summed E-state index contributed by atoms with van der Waals surface area (Å²) in [6, 6.07) is 12.2. The molecule has 4 nitrogen and oxygen atoms in total. The van der Waals surface area contributed by atoms with Crippen molar-refractivity contribution in [2.24, 2.45) is 0 Å². The molecule has 0 unspecified atom stereocenters. The monoisotopic (exact) mass is 395 g/mol. The van der Waals surface area contributed by atoms with Crippen LogP contribution < -0.4 is 0 Å². The molecule has 0 saturated carbocycles. The van der Waals surface area contributed by atoms with Gasteiger partial charge in [-0.05, 0) is 61.4 Å². The van der Waals surface area contributed by atoms with Crippen LogP contribution in [-0.2, 0) is 13.0 Å². The largest absolute Gasteiger partial charge is 0.508 e. The first-order valence-electron chi connectivity index (χ1n) is 9.25. The van der Waals surface area contributed by atoms with Gasteiger partial charge in [-0.3, -0.25) is 4.79 Å². The third-order valence-electron chi connectivity index (χ3n) is 5.10. The van der Waals surface area contributed by atoms with E-state index in [0.717, 1.165) is 29.1 Å². The Morgan fingerprint density at radius 1 is 1.10 bits per heavy atom. The molecule has 0 aliphatic heterocycles. The Bertz CT molecular complexity index is 1190. The van der Waals surface area contributed by atoms with Gasteiger partial charge in [0.25, 0.3) is 0 Å². The number of phenolic OH excluding ortho intramolecular Hbond substituents is 1. The second-order valence-electron chi connectivity index (χ2n) is 7.00. The molecule has 2 aromatic heterocycles. The quantitative estimate of drug-likeness (QED) is 0.445. The number of carbonyl (C=O) groups is 1. The molecule has 1 N–H and O–H groups in total. The van der Waals surface area contributed by atoms with Crippen molar-refractivity contribution in [3.63, 3.8) is 0 Å². The first kappa shape index (κ1) is 18.9. The summed E-state index contributed by atoms with van der Waals surface area (Å²) in [5, 5.41) is 10.6. The molecular weight excluding hydrogens is 376 g/mol. The van der Waals surface area contributed by atoms with Gasteiger partial charge in [0.1, 0.15) is 11.5 Å². The smallest absolute Gasteiger partial charge is 0.165 e. The highest BCUT2D eigenvalue weighted by atomic mass is 19.2. The van der Waals surface area contributed by atoms with E-state index < -0.39 is 11.6 Å². The molecule has 0 bridgehead atoms. The molecule has 0 atom stereocenters. The summed E-state index contributed by atoms with van der Waals surface area (Å²) in [6.45, 7) is 2.31. The summed E-state index contributed by atoms with van der Waals surface area (Å²) in [7, 11) is 0. The average molecular weight is 395 g/mol. The molecular formula is C23H19F2NO3. The SMILES string of the molecule is Cc1c(C(=O)CCc2ccc(F)c(F)c2)c2cc(O)ccc2n1Cc1ccco1. The molecule has 0 amide bonds. The lowest BCUT2D eigenvalue weighted by molar-refractivity contribution is 0.0983. The summed E-state index contributed by atoms with van der Waals surface area (Å²) in [6.07, 6.45) is 2.02. The van der Waals surface area contributed by atoms with Gasteiger partial charge in [-0.2, -0.15) is 0 Å². The van der Waals surface area contributed by atoms with E-state index >= 15 is 0 Å². The van der Waals surface area contributed by atoms with Crippen LogP contribution in [0.25, 0.3) is 10.9 Å². The topological polar surface area (TPSA) is 55.4 Å². The van der Waals surface area contributed by atoms with Gasteiger partial charge in [-0.15, -0.1) is 0 Å². The second-order valence-corrected chi connectivity index (χ2v) is 7.00. The van der Waals surface area contributed by atoms with Gasteiger partial charge in [0.05, 0.1) is 12.8 Å². The van der Waals surface area contributed by atoms with Gasteiger partial charge >= 0.3 is 0 Å². The van der Waals surface area contributed by atoms with Gasteiger partial charge in [-0.1, -0.05) is 6.07 Å². The number of fused-ring (bicyclic) bond motifs is 1. The number of aromatic hydroxyl groups is 1. The zero-order valence-corrected chi connectivity index (χ0v) is 15.8. The Morgan fingerprint density at radius 3 is 2.66 bits per heavy atom. The molecule has 0 spiro atoms. The first-order chi connectivity index (χ1) is 13.9. The lowest BCUT2D eigenvalue weighted by Crippen LogP contribution is -2.06. The molecule has 0 aliphatic rings. The van der Waals surface area contributed by atoms with Gasteiger partial charge in [-0.25, -0.2) is 8.78 Å². The minimum Gasteiger partial charge on any atom is -0.508 e. The molecule has 4 rings (SSSR count). The average Bonchev–Trinajstić information content (AvgIpc) is 3.29. The molecule has 6 heteroatoms. The maximum Gasteiger partial charge on any atom is 0.165 e. The van der Waals surface area contributed by atoms with Crippen molar-refractivity contribution in [2.75, 3.05) is 0 Å². The number of rotatable bonds is 6. The summed E-state index contributed by atoms with van der Waals surface area (Å²) < 4.78 is 33.9. The first-order valence-corrected chi connectivity index (χ1v) is 9.25. The molecule has 29 heavy (non-hydrogen) atoms. The number of halogens is 2. The lowest BCUT2D eigenvalue weighted by atomic mass is 10.00. The van der Waals surface area contributed by atoms with Crippen LogP contribution in [0.4, 0.5) is 8.78 Å². The van der Waals surface area contributed by atoms with Gasteiger partial charge < -0.3 is 14.1 Å². The number of phenols is 1. The maximum atomic E-state index is 13.4. The van der Waals surface area contributed by atoms with Crippen LogP contribution in [0.2, 0.25) is 0 Å². The van der Waals surface area contributed by atoms with Crippen molar-refractivity contribution >= 4 is 16.7 Å². The molecule has 2 heterocycles. The van der Waals surface area contributed by atoms with Crippen molar-refractivity contribution in [1.82, 2.24) is 4.57 Å². The second kappa shape index (κ2) is 7.54. The number of aryl methyl sites for hydroxylation is 1. The number of nitrogens with zero attached hydrogens (tertiary/aromatic N) is 1. The Labute approximate surface area is 166 Å². The maximum absolute atomic E-state index is 13.4. The van der Waals surface area contributed by atoms with Crippen LogP contribution in [0.5, 0.6) is 5.75 Å². The molecule has 4 aromatic rings. The lowest BCUT2D eigenvalue weighted by Gasteiger charge is -2.07. The molecule has 0 fully saturated rings. The highest BCUT2D eigenvalue weighted by molar-refractivity contribution is 6.09. The van der Waals surface area contributed by atoms with E-state index in [4.69, 9.17) is 4.42 Å². The van der Waals surface area contributed by atoms with Crippen molar-refractivity contribution < 1.29 is 23.1 Å². The summed E-state index contributed by atoms with van der Waals surface area (Å²) in [5.74, 6) is -1.14. The van der Waals surface area contributed by atoms with Crippen molar-refractivity contribution in [3.05, 3.63) is 89.0 Å². The number of ketones is 1. The highest BCUT2D eigenvalue weighted by Gasteiger charge is 2.21. The molecule has 148 valence electrons. The summed E-state index contributed by atoms with van der Waals surface area (Å²) in [4.78, 5) is 13.0. The van der Waals surface area contributed by atoms with E-state index in [1.807, 2.05) is 17.6 Å². The number of furan rings is 1. The van der Waals surface area contributed by atoms with E-state index in [9.17, 15) is 18.7 Å². The zero-order chi connectivity index (χ0) is 20.5. The summed E-state index contributed by atoms with van der Waals surface area (Å²) >= 11 is 0. The number of aromatic nitrogens is 1. The van der Waals surface area contributed by atoms with Crippen LogP contribution in [-0.4, -0.2) is 15.5 Å². The van der Waals surface area contributed by atoms with Gasteiger partial charge in [0.15, 0.2) is 17.4 Å². The summed E-state index contributed by atoms with van der Waals surface area (Å²) in [5.41, 5.74) is 2.65. The number of hydrogen-bond donors (Lipinski definition) is 1. The highest BCUT2D eigenvalue weighted by Crippen LogP contribution is 2.31. The third-order valence-corrected chi connectivity index (χ3v) is 5.10. The fourth-order valence-corrected chi connectivity index (χ4v) is 3.66. The normalized spacial score (nSPS) is 11.3. The van der Waals surface area contributed by atoms with Crippen LogP contribution >= 0.6 is 0 Å². The standard InChI is InChI=1S/C23H19F2NO3/c1-14-23(22(28)9-5-15-4-7-19(24)20(25)11-15)18-12-16(27)6-8-21(18)26(14)13-17-3-2-10-29-17/h2-4,6-8,10-12,27H,5,9,13H2,1H3. The zero-order valence-electron chi connectivity index (χ0n) is 15.8. The number of Topliss-reactive ketones (excluding diaryl/α,β-unsaturated/α-hetero) is 1. The molecule has 0 radical (unpaired) electrons.